The molecule has 0 aliphatic heterocycles. The third-order valence-electron chi connectivity index (χ3n) is 4.80. The van der Waals surface area contributed by atoms with Gasteiger partial charge < -0.3 is 10.1 Å². The van der Waals surface area contributed by atoms with Gasteiger partial charge in [0.15, 0.2) is 0 Å². The first-order valence-corrected chi connectivity index (χ1v) is 10.8. The molecule has 0 atom stereocenters. The number of ether oxygens (including phenoxy) is 1. The molecular formula is C21H19ClN4O4S. The maximum atomic E-state index is 13.2. The highest BCUT2D eigenvalue weighted by Crippen LogP contribution is 2.30. The number of nitrogens with zero attached hydrogens (tertiary/aromatic N) is 3. The molecule has 1 N–H and O–H groups in total. The maximum absolute atomic E-state index is 13.2. The molecule has 31 heavy (non-hydrogen) atoms. The van der Waals surface area contributed by atoms with Crippen molar-refractivity contribution in [2.45, 2.75) is 26.4 Å². The molecule has 0 saturated carbocycles. The van der Waals surface area contributed by atoms with E-state index in [4.69, 9.17) is 16.3 Å². The minimum absolute atomic E-state index is 0.260. The molecule has 0 radical (unpaired) electrons. The number of pyridine rings is 1. The first kappa shape index (κ1) is 21.1. The summed E-state index contributed by atoms with van der Waals surface area (Å²) in [7, 11) is 1.50. The van der Waals surface area contributed by atoms with E-state index in [9.17, 15) is 14.4 Å². The first-order valence-electron chi connectivity index (χ1n) is 9.58. The molecule has 0 fully saturated rings. The summed E-state index contributed by atoms with van der Waals surface area (Å²) in [6.07, 6.45) is 2.24. The van der Waals surface area contributed by atoms with Gasteiger partial charge in [-0.05, 0) is 36.8 Å². The summed E-state index contributed by atoms with van der Waals surface area (Å²) in [6.45, 7) is 1.89. The van der Waals surface area contributed by atoms with E-state index in [1.54, 1.807) is 36.5 Å². The Balaban J connectivity index is 1.80. The number of carbonyl (C=O) groups is 1. The molecule has 4 rings (SSSR count). The van der Waals surface area contributed by atoms with Gasteiger partial charge >= 0.3 is 5.69 Å². The topological polar surface area (TPSA) is 95.2 Å². The Hall–Kier alpha value is -3.17. The van der Waals surface area contributed by atoms with Crippen LogP contribution < -0.4 is 21.3 Å². The zero-order valence-corrected chi connectivity index (χ0v) is 18.4. The van der Waals surface area contributed by atoms with Gasteiger partial charge in [-0.15, -0.1) is 11.3 Å². The molecule has 0 saturated heterocycles. The van der Waals surface area contributed by atoms with E-state index in [0.717, 1.165) is 0 Å². The fraction of sp³-hybridized carbons (Fsp3) is 0.238. The second kappa shape index (κ2) is 8.52. The van der Waals surface area contributed by atoms with Crippen molar-refractivity contribution < 1.29 is 9.53 Å². The Morgan fingerprint density at radius 2 is 2.06 bits per heavy atom. The van der Waals surface area contributed by atoms with E-state index < -0.39 is 11.6 Å². The van der Waals surface area contributed by atoms with Crippen LogP contribution in [0.2, 0.25) is 5.02 Å². The number of methoxy groups -OCH3 is 1. The number of rotatable bonds is 6. The molecule has 1 aromatic carbocycles. The lowest BCUT2D eigenvalue weighted by molar-refractivity contribution is -0.116. The average molecular weight is 459 g/mol. The van der Waals surface area contributed by atoms with Crippen LogP contribution in [0.25, 0.3) is 20.4 Å². The predicted molar refractivity (Wildman–Crippen MR) is 123 cm³/mol. The van der Waals surface area contributed by atoms with Crippen LogP contribution >= 0.6 is 22.9 Å². The molecule has 3 aromatic heterocycles. The second-order valence-electron chi connectivity index (χ2n) is 6.86. The van der Waals surface area contributed by atoms with Crippen LogP contribution in [-0.4, -0.2) is 27.1 Å². The van der Waals surface area contributed by atoms with Crippen LogP contribution in [0, 0.1) is 0 Å². The van der Waals surface area contributed by atoms with Crippen molar-refractivity contribution in [3.8, 4) is 5.75 Å². The van der Waals surface area contributed by atoms with E-state index in [0.29, 0.717) is 43.3 Å². The third kappa shape index (κ3) is 3.82. The van der Waals surface area contributed by atoms with Gasteiger partial charge in [0.25, 0.3) is 5.56 Å². The Labute approximate surface area is 185 Å². The summed E-state index contributed by atoms with van der Waals surface area (Å²) < 4.78 is 8.04. The number of nitrogens with one attached hydrogen (secondary N) is 1. The van der Waals surface area contributed by atoms with Gasteiger partial charge in [-0.2, -0.15) is 0 Å². The fourth-order valence-corrected chi connectivity index (χ4v) is 4.79. The molecule has 0 aliphatic carbocycles. The van der Waals surface area contributed by atoms with Gasteiger partial charge in [0.2, 0.25) is 5.91 Å². The maximum Gasteiger partial charge on any atom is 0.332 e. The van der Waals surface area contributed by atoms with Crippen molar-refractivity contribution in [3.63, 3.8) is 0 Å². The highest BCUT2D eigenvalue weighted by atomic mass is 35.5. The number of benzene rings is 1. The number of halogens is 1. The Morgan fingerprint density at radius 3 is 2.77 bits per heavy atom. The second-order valence-corrected chi connectivity index (χ2v) is 8.27. The summed E-state index contributed by atoms with van der Waals surface area (Å²) in [6, 6.07) is 8.39. The number of anilines is 1. The summed E-state index contributed by atoms with van der Waals surface area (Å²) in [5.41, 5.74) is 0.0199. The molecule has 8 nitrogen and oxygen atoms in total. The Kier molecular flexibility index (Phi) is 5.79. The van der Waals surface area contributed by atoms with Crippen molar-refractivity contribution in [2.75, 3.05) is 12.4 Å². The van der Waals surface area contributed by atoms with Gasteiger partial charge in [-0.25, -0.2) is 9.78 Å². The van der Waals surface area contributed by atoms with Crippen LogP contribution in [0.5, 0.6) is 5.75 Å². The lowest BCUT2D eigenvalue weighted by Gasteiger charge is -2.13. The summed E-state index contributed by atoms with van der Waals surface area (Å²) in [5.74, 6) is 0.0658. The van der Waals surface area contributed by atoms with E-state index in [1.807, 2.05) is 6.92 Å². The van der Waals surface area contributed by atoms with Gasteiger partial charge in [-0.3, -0.25) is 18.7 Å². The number of hydrogen-bond donors (Lipinski definition) is 1. The third-order valence-corrected chi connectivity index (χ3v) is 6.18. The van der Waals surface area contributed by atoms with E-state index in [2.05, 4.69) is 10.3 Å². The van der Waals surface area contributed by atoms with Gasteiger partial charge in [0.1, 0.15) is 21.8 Å². The molecular weight excluding hydrogens is 440 g/mol. The molecule has 3 heterocycles. The van der Waals surface area contributed by atoms with Crippen molar-refractivity contribution in [3.05, 3.63) is 62.4 Å². The standard InChI is InChI=1S/C21H19ClN4O4S/c1-3-9-25-20(28)18-17(13-5-4-8-23-19(13)31-18)26(21(25)29)11-16(27)24-12-6-7-15(30-2)14(22)10-12/h4-8,10H,3,9,11H2,1-2H3,(H,24,27). The molecule has 160 valence electrons. The SMILES string of the molecule is CCCn1c(=O)c2sc3ncccc3c2n(CC(=O)Nc2ccc(OC)c(Cl)c2)c1=O. The molecule has 10 heteroatoms. The molecule has 0 unspecified atom stereocenters. The van der Waals surface area contributed by atoms with Crippen molar-refractivity contribution >= 4 is 55.0 Å². The smallest absolute Gasteiger partial charge is 0.332 e. The van der Waals surface area contributed by atoms with E-state index in [-0.39, 0.29) is 18.6 Å². The zero-order chi connectivity index (χ0) is 22.1. The Bertz CT molecular complexity index is 1420. The monoisotopic (exact) mass is 458 g/mol. The molecule has 0 spiro atoms. The van der Waals surface area contributed by atoms with Crippen LogP contribution in [0.4, 0.5) is 5.69 Å². The Morgan fingerprint density at radius 1 is 1.26 bits per heavy atom. The van der Waals surface area contributed by atoms with Crippen LogP contribution in [0.3, 0.4) is 0 Å². The number of amides is 1. The quantitative estimate of drug-likeness (QED) is 0.477. The minimum atomic E-state index is -0.522. The van der Waals surface area contributed by atoms with Crippen LogP contribution in [0.15, 0.2) is 46.1 Å². The highest BCUT2D eigenvalue weighted by Gasteiger charge is 2.20. The largest absolute Gasteiger partial charge is 0.495 e. The van der Waals surface area contributed by atoms with Crippen LogP contribution in [-0.2, 0) is 17.9 Å². The van der Waals surface area contributed by atoms with Gasteiger partial charge in [0.05, 0.1) is 17.6 Å². The number of carbonyl (C=O) groups excluding carboxylic acids is 1. The summed E-state index contributed by atoms with van der Waals surface area (Å²) >= 11 is 7.35. The van der Waals surface area contributed by atoms with Crippen molar-refractivity contribution in [1.82, 2.24) is 14.1 Å². The summed E-state index contributed by atoms with van der Waals surface area (Å²) in [5, 5.41) is 3.76. The van der Waals surface area contributed by atoms with Crippen molar-refractivity contribution in [2.24, 2.45) is 0 Å². The molecule has 4 aromatic rings. The zero-order valence-electron chi connectivity index (χ0n) is 16.8. The van der Waals surface area contributed by atoms with Crippen LogP contribution in [0.1, 0.15) is 13.3 Å². The highest BCUT2D eigenvalue weighted by molar-refractivity contribution is 7.25. The number of thiophene rings is 1. The van der Waals surface area contributed by atoms with Crippen molar-refractivity contribution in [1.29, 1.82) is 0 Å². The van der Waals surface area contributed by atoms with Gasteiger partial charge in [0, 0.05) is 23.8 Å². The predicted octanol–water partition coefficient (Wildman–Crippen LogP) is 3.48. The number of hydrogen-bond acceptors (Lipinski definition) is 6. The number of aromatic nitrogens is 3. The molecule has 1 amide bonds. The lowest BCUT2D eigenvalue weighted by atomic mass is 10.2. The van der Waals surface area contributed by atoms with E-state index >= 15 is 0 Å². The van der Waals surface area contributed by atoms with Gasteiger partial charge in [-0.1, -0.05) is 18.5 Å². The minimum Gasteiger partial charge on any atom is -0.495 e. The average Bonchev–Trinajstić information content (AvgIpc) is 3.14. The fourth-order valence-electron chi connectivity index (χ4n) is 3.44. The van der Waals surface area contributed by atoms with E-state index in [1.165, 1.54) is 27.6 Å². The summed E-state index contributed by atoms with van der Waals surface area (Å²) in [4.78, 5) is 43.9. The number of fused-ring (bicyclic) bond motifs is 3. The molecule has 0 aliphatic rings. The normalized spacial score (nSPS) is 11.2. The lowest BCUT2D eigenvalue weighted by Crippen LogP contribution is -2.41. The molecule has 0 bridgehead atoms. The first-order chi connectivity index (χ1) is 14.9.